The van der Waals surface area contributed by atoms with Crippen molar-refractivity contribution in [1.82, 2.24) is 0 Å². The van der Waals surface area contributed by atoms with Crippen LogP contribution in [-0.2, 0) is 21.1 Å². The van der Waals surface area contributed by atoms with E-state index < -0.39 is 17.2 Å². The lowest BCUT2D eigenvalue weighted by Crippen LogP contribution is -2.41. The van der Waals surface area contributed by atoms with Crippen molar-refractivity contribution in [3.05, 3.63) is 71.3 Å². The maximum Gasteiger partial charge on any atom is 0.416 e. The summed E-state index contributed by atoms with van der Waals surface area (Å²) in [5.41, 5.74) is -0.251. The molecule has 0 N–H and O–H groups in total. The number of nitrogens with zero attached hydrogens (tertiary/aromatic N) is 2. The molecule has 212 valence electrons. The van der Waals surface area contributed by atoms with Crippen LogP contribution in [-0.4, -0.2) is 37.1 Å². The van der Waals surface area contributed by atoms with Crippen LogP contribution in [0.5, 0.6) is 0 Å². The number of alkyl halides is 3. The maximum absolute atomic E-state index is 13.2. The highest BCUT2D eigenvalue weighted by atomic mass is 35.5. The van der Waals surface area contributed by atoms with Crippen LogP contribution in [0.1, 0.15) is 58.6 Å². The second kappa shape index (κ2) is 13.3. The van der Waals surface area contributed by atoms with Crippen LogP contribution in [0.2, 0.25) is 5.02 Å². The largest absolute Gasteiger partial charge is 0.480 e. The molecular weight excluding hydrogens is 545 g/mol. The average molecular weight is 581 g/mol. The van der Waals surface area contributed by atoms with Gasteiger partial charge in [-0.3, -0.25) is 0 Å². The van der Waals surface area contributed by atoms with Gasteiger partial charge in [-0.25, -0.2) is 9.98 Å². The highest BCUT2D eigenvalue weighted by Crippen LogP contribution is 2.42. The van der Waals surface area contributed by atoms with E-state index >= 15 is 0 Å². The van der Waals surface area contributed by atoms with Gasteiger partial charge in [0.15, 0.2) is 0 Å². The smallest absolute Gasteiger partial charge is 0.416 e. The van der Waals surface area contributed by atoms with Crippen molar-refractivity contribution >= 4 is 35.2 Å². The highest BCUT2D eigenvalue weighted by Gasteiger charge is 2.38. The third-order valence-corrected chi connectivity index (χ3v) is 7.82. The molecule has 2 aromatic rings. The third-order valence-electron chi connectivity index (χ3n) is 6.53. The number of ether oxygens (including phenoxy) is 2. The summed E-state index contributed by atoms with van der Waals surface area (Å²) in [4.78, 5) is 11.1. The molecule has 0 fully saturated rings. The summed E-state index contributed by atoms with van der Waals surface area (Å²) >= 11 is 8.06. The lowest BCUT2D eigenvalue weighted by atomic mass is 9.74. The molecule has 0 amide bonds. The van der Waals surface area contributed by atoms with Gasteiger partial charge in [-0.1, -0.05) is 62.3 Å². The summed E-state index contributed by atoms with van der Waals surface area (Å²) < 4.78 is 51.3. The molecule has 0 spiro atoms. The molecule has 3 atom stereocenters. The Morgan fingerprint density at radius 3 is 2.28 bits per heavy atom. The fourth-order valence-electron chi connectivity index (χ4n) is 4.65. The van der Waals surface area contributed by atoms with Crippen LogP contribution >= 0.6 is 23.4 Å². The van der Waals surface area contributed by atoms with Gasteiger partial charge in [0.1, 0.15) is 12.1 Å². The second-order valence-corrected chi connectivity index (χ2v) is 11.6. The quantitative estimate of drug-likeness (QED) is 0.263. The van der Waals surface area contributed by atoms with E-state index in [4.69, 9.17) is 31.1 Å². The molecule has 0 aliphatic carbocycles. The number of rotatable bonds is 10. The lowest BCUT2D eigenvalue weighted by Gasteiger charge is -2.35. The van der Waals surface area contributed by atoms with E-state index in [1.165, 1.54) is 17.8 Å². The molecule has 3 rings (SSSR count). The second-order valence-electron chi connectivity index (χ2n) is 10.0. The molecule has 0 saturated heterocycles. The number of allylic oxidation sites excluding steroid dienone is 1. The van der Waals surface area contributed by atoms with Crippen LogP contribution in [0.4, 0.5) is 13.2 Å². The van der Waals surface area contributed by atoms with Crippen molar-refractivity contribution in [2.45, 2.75) is 80.9 Å². The molecule has 0 radical (unpaired) electrons. The van der Waals surface area contributed by atoms with Gasteiger partial charge in [0.25, 0.3) is 0 Å². The third kappa shape index (κ3) is 7.82. The fourth-order valence-corrected chi connectivity index (χ4v) is 6.04. The van der Waals surface area contributed by atoms with Gasteiger partial charge in [0, 0.05) is 14.8 Å². The van der Waals surface area contributed by atoms with E-state index in [1.54, 1.807) is 12.1 Å². The molecule has 4 nitrogen and oxygen atoms in total. The Kier molecular flexibility index (Phi) is 10.6. The van der Waals surface area contributed by atoms with Crippen molar-refractivity contribution in [3.63, 3.8) is 0 Å². The molecule has 1 unspecified atom stereocenters. The zero-order chi connectivity index (χ0) is 28.8. The predicted molar refractivity (Wildman–Crippen MR) is 154 cm³/mol. The molecule has 0 saturated carbocycles. The number of hydrogen-bond acceptors (Lipinski definition) is 5. The van der Waals surface area contributed by atoms with Crippen LogP contribution < -0.4 is 0 Å². The fraction of sp³-hybridized carbons (Fsp3) is 0.467. The Labute approximate surface area is 238 Å². The highest BCUT2D eigenvalue weighted by molar-refractivity contribution is 7.99. The first kappa shape index (κ1) is 31.1. The summed E-state index contributed by atoms with van der Waals surface area (Å²) in [6.07, 6.45) is -1.37. The van der Waals surface area contributed by atoms with Crippen LogP contribution in [0, 0.1) is 5.92 Å². The summed E-state index contributed by atoms with van der Waals surface area (Å²) in [6, 6.07) is 10.3. The minimum Gasteiger partial charge on any atom is -0.480 e. The van der Waals surface area contributed by atoms with Gasteiger partial charge in [-0.15, -0.1) is 6.58 Å². The Bertz CT molecular complexity index is 1210. The van der Waals surface area contributed by atoms with Gasteiger partial charge < -0.3 is 9.47 Å². The first-order valence-electron chi connectivity index (χ1n) is 13.1. The summed E-state index contributed by atoms with van der Waals surface area (Å²) in [5.74, 6) is 1.39. The zero-order valence-electron chi connectivity index (χ0n) is 23.0. The molecule has 1 aliphatic rings. The van der Waals surface area contributed by atoms with Crippen molar-refractivity contribution in [1.29, 1.82) is 0 Å². The molecule has 1 aliphatic heterocycles. The maximum atomic E-state index is 13.2. The van der Waals surface area contributed by atoms with Gasteiger partial charge in [0.05, 0.1) is 18.8 Å². The van der Waals surface area contributed by atoms with Crippen LogP contribution in [0.15, 0.2) is 74.9 Å². The molecule has 0 bridgehead atoms. The minimum atomic E-state index is -4.40. The normalized spacial score (nSPS) is 19.2. The van der Waals surface area contributed by atoms with Crippen molar-refractivity contribution in [2.24, 2.45) is 15.9 Å². The molecule has 39 heavy (non-hydrogen) atoms. The number of benzene rings is 2. The Morgan fingerprint density at radius 1 is 1.03 bits per heavy atom. The molecular formula is C30H36ClF3N2O2S. The lowest BCUT2D eigenvalue weighted by molar-refractivity contribution is -0.137. The molecule has 9 heteroatoms. The van der Waals surface area contributed by atoms with Crippen LogP contribution in [0.3, 0.4) is 0 Å². The van der Waals surface area contributed by atoms with Gasteiger partial charge in [-0.05, 0) is 73.9 Å². The Hall–Kier alpha value is -2.45. The van der Waals surface area contributed by atoms with E-state index in [0.717, 1.165) is 22.6 Å². The SMILES string of the molecule is C=CCC(C)(C[C@@H]1N=C(OCC)[C@H](C(C)C)N=C1OCC)c1ccc(Sc2cccc(C(F)(F)F)c2)cc1Cl. The monoisotopic (exact) mass is 580 g/mol. The topological polar surface area (TPSA) is 43.2 Å². The van der Waals surface area contributed by atoms with E-state index in [2.05, 4.69) is 27.4 Å². The summed E-state index contributed by atoms with van der Waals surface area (Å²) in [5, 5.41) is 0.524. The van der Waals surface area contributed by atoms with Gasteiger partial charge in [-0.2, -0.15) is 13.2 Å². The van der Waals surface area contributed by atoms with Crippen LogP contribution in [0.25, 0.3) is 0 Å². The van der Waals surface area contributed by atoms with E-state index in [-0.39, 0.29) is 18.0 Å². The predicted octanol–water partition coefficient (Wildman–Crippen LogP) is 9.01. The van der Waals surface area contributed by atoms with E-state index in [9.17, 15) is 13.2 Å². The van der Waals surface area contributed by atoms with E-state index in [1.807, 2.05) is 32.1 Å². The molecule has 0 aromatic heterocycles. The number of aliphatic imine (C=N–C) groups is 2. The average Bonchev–Trinajstić information content (AvgIpc) is 2.85. The Balaban J connectivity index is 1.93. The summed E-state index contributed by atoms with van der Waals surface area (Å²) in [7, 11) is 0. The number of hydrogen-bond donors (Lipinski definition) is 0. The zero-order valence-corrected chi connectivity index (χ0v) is 24.6. The van der Waals surface area contributed by atoms with Crippen molar-refractivity contribution in [2.75, 3.05) is 13.2 Å². The first-order chi connectivity index (χ1) is 18.4. The Morgan fingerprint density at radius 2 is 1.69 bits per heavy atom. The van der Waals surface area contributed by atoms with E-state index in [0.29, 0.717) is 47.8 Å². The number of halogens is 4. The first-order valence-corrected chi connectivity index (χ1v) is 14.3. The van der Waals surface area contributed by atoms with Gasteiger partial charge >= 0.3 is 6.18 Å². The standard InChI is InChI=1S/C30H36ClF3N2O2S/c1-7-15-29(6,18-25-27(37-8-2)36-26(19(4)5)28(35-25)38-9-3)23-14-13-22(17-24(23)31)39-21-12-10-11-20(16-21)30(32,33)34/h7,10-14,16-17,19,25-26H,1,8-9,15,18H2,2-6H3/t25-,26-,29?/m0/s1. The van der Waals surface area contributed by atoms with Crippen molar-refractivity contribution in [3.8, 4) is 0 Å². The molecule has 1 heterocycles. The van der Waals surface area contributed by atoms with Crippen molar-refractivity contribution < 1.29 is 22.6 Å². The minimum absolute atomic E-state index is 0.197. The molecule has 2 aromatic carbocycles. The summed E-state index contributed by atoms with van der Waals surface area (Å²) in [6.45, 7) is 15.0. The van der Waals surface area contributed by atoms with Gasteiger partial charge in [0.2, 0.25) is 11.8 Å².